The molecule has 2 rings (SSSR count). The Morgan fingerprint density at radius 3 is 2.31 bits per heavy atom. The van der Waals surface area contributed by atoms with Crippen molar-refractivity contribution in [1.82, 2.24) is 0 Å². The van der Waals surface area contributed by atoms with E-state index in [0.29, 0.717) is 18.4 Å². The van der Waals surface area contributed by atoms with E-state index in [0.717, 1.165) is 31.6 Å². The van der Waals surface area contributed by atoms with E-state index in [2.05, 4.69) is 20.8 Å². The Kier molecular flexibility index (Phi) is 3.09. The zero-order chi connectivity index (χ0) is 12.0. The summed E-state index contributed by atoms with van der Waals surface area (Å²) in [6.45, 7) is 7.48. The van der Waals surface area contributed by atoms with E-state index >= 15 is 0 Å². The Labute approximate surface area is 99.6 Å². The first-order valence-corrected chi connectivity index (χ1v) is 6.85. The van der Waals surface area contributed by atoms with Gasteiger partial charge in [-0.25, -0.2) is 0 Å². The Hall–Kier alpha value is -0.0800. The van der Waals surface area contributed by atoms with Crippen molar-refractivity contribution in [2.45, 2.75) is 58.5 Å². The van der Waals surface area contributed by atoms with Gasteiger partial charge in [-0.15, -0.1) is 0 Å². The van der Waals surface area contributed by atoms with Crippen molar-refractivity contribution in [3.63, 3.8) is 0 Å². The molecule has 16 heavy (non-hydrogen) atoms. The third kappa shape index (κ3) is 1.70. The van der Waals surface area contributed by atoms with Crippen LogP contribution in [-0.4, -0.2) is 17.3 Å². The van der Waals surface area contributed by atoms with Crippen LogP contribution in [0, 0.1) is 23.2 Å². The molecule has 0 aromatic rings. The van der Waals surface area contributed by atoms with E-state index in [1.165, 1.54) is 6.42 Å². The second-order valence-electron chi connectivity index (χ2n) is 6.78. The Morgan fingerprint density at radius 2 is 1.94 bits per heavy atom. The summed E-state index contributed by atoms with van der Waals surface area (Å²) >= 11 is 0. The lowest BCUT2D eigenvalue weighted by atomic mass is 9.54. The first kappa shape index (κ1) is 12.4. The molecule has 0 aromatic carbocycles. The van der Waals surface area contributed by atoms with Crippen LogP contribution in [0.1, 0.15) is 52.9 Å². The van der Waals surface area contributed by atoms with Gasteiger partial charge in [-0.2, -0.15) is 0 Å². The van der Waals surface area contributed by atoms with Gasteiger partial charge in [0, 0.05) is 12.0 Å². The molecule has 2 heteroatoms. The number of aliphatic hydroxyl groups is 1. The molecule has 0 amide bonds. The largest absolute Gasteiger partial charge is 0.389 e. The molecule has 94 valence electrons. The highest BCUT2D eigenvalue weighted by molar-refractivity contribution is 5.10. The van der Waals surface area contributed by atoms with Crippen molar-refractivity contribution >= 4 is 0 Å². The molecule has 0 heterocycles. The van der Waals surface area contributed by atoms with Crippen LogP contribution >= 0.6 is 0 Å². The highest BCUT2D eigenvalue weighted by atomic mass is 16.3. The fraction of sp³-hybridized carbons (Fsp3) is 1.00. The molecule has 2 saturated carbocycles. The van der Waals surface area contributed by atoms with Crippen LogP contribution < -0.4 is 5.73 Å². The normalized spacial score (nSPS) is 48.4. The van der Waals surface area contributed by atoms with Gasteiger partial charge in [0.05, 0.1) is 5.60 Å². The molecule has 0 saturated heterocycles. The van der Waals surface area contributed by atoms with Crippen molar-refractivity contribution in [3.8, 4) is 0 Å². The summed E-state index contributed by atoms with van der Waals surface area (Å²) in [6.07, 6.45) is 5.46. The molecule has 3 N–H and O–H groups in total. The molecule has 2 fully saturated rings. The minimum atomic E-state index is -0.443. The summed E-state index contributed by atoms with van der Waals surface area (Å²) in [6, 6.07) is 0. The van der Waals surface area contributed by atoms with Crippen LogP contribution in [0.2, 0.25) is 0 Å². The minimum absolute atomic E-state index is 0.0395. The summed E-state index contributed by atoms with van der Waals surface area (Å²) in [5, 5.41) is 10.8. The van der Waals surface area contributed by atoms with Crippen molar-refractivity contribution in [2.24, 2.45) is 28.9 Å². The van der Waals surface area contributed by atoms with Gasteiger partial charge in [-0.3, -0.25) is 0 Å². The summed E-state index contributed by atoms with van der Waals surface area (Å²) in [5.74, 6) is 2.16. The Morgan fingerprint density at radius 1 is 1.31 bits per heavy atom. The van der Waals surface area contributed by atoms with E-state index in [4.69, 9.17) is 5.73 Å². The number of nitrogens with two attached hydrogens (primary N) is 1. The first-order valence-electron chi connectivity index (χ1n) is 6.85. The molecule has 2 unspecified atom stereocenters. The summed E-state index contributed by atoms with van der Waals surface area (Å²) in [4.78, 5) is 0. The zero-order valence-electron chi connectivity index (χ0n) is 11.0. The molecule has 0 aliphatic heterocycles. The molecular weight excluding hydrogens is 198 g/mol. The molecule has 0 radical (unpaired) electrons. The van der Waals surface area contributed by atoms with E-state index in [1.807, 2.05) is 0 Å². The third-order valence-electron chi connectivity index (χ3n) is 5.38. The minimum Gasteiger partial charge on any atom is -0.389 e. The average Bonchev–Trinajstić information content (AvgIpc) is 2.56. The van der Waals surface area contributed by atoms with Crippen molar-refractivity contribution in [1.29, 1.82) is 0 Å². The molecule has 2 aliphatic carbocycles. The van der Waals surface area contributed by atoms with Crippen molar-refractivity contribution in [3.05, 3.63) is 0 Å². The highest BCUT2D eigenvalue weighted by Crippen LogP contribution is 2.58. The van der Waals surface area contributed by atoms with Gasteiger partial charge in [0.1, 0.15) is 0 Å². The number of hydrogen-bond donors (Lipinski definition) is 2. The topological polar surface area (TPSA) is 46.2 Å². The van der Waals surface area contributed by atoms with Crippen molar-refractivity contribution < 1.29 is 5.11 Å². The van der Waals surface area contributed by atoms with E-state index in [1.54, 1.807) is 0 Å². The lowest BCUT2D eigenvalue weighted by molar-refractivity contribution is -0.172. The monoisotopic (exact) mass is 225 g/mol. The Bertz CT molecular complexity index is 257. The van der Waals surface area contributed by atoms with E-state index < -0.39 is 5.60 Å². The predicted molar refractivity (Wildman–Crippen MR) is 67.0 cm³/mol. The SMILES string of the molecule is CC1CCC(CN)(C2(O)CC(C(C)C)C2)C1. The summed E-state index contributed by atoms with van der Waals surface area (Å²) in [5.41, 5.74) is 5.58. The molecule has 2 atom stereocenters. The predicted octanol–water partition coefficient (Wildman–Crippen LogP) is 2.55. The van der Waals surface area contributed by atoms with Crippen LogP contribution in [0.4, 0.5) is 0 Å². The maximum Gasteiger partial charge on any atom is 0.0721 e. The van der Waals surface area contributed by atoms with Crippen molar-refractivity contribution in [2.75, 3.05) is 6.54 Å². The third-order valence-corrected chi connectivity index (χ3v) is 5.38. The van der Waals surface area contributed by atoms with E-state index in [-0.39, 0.29) is 5.41 Å². The molecule has 2 aliphatic rings. The number of rotatable bonds is 3. The van der Waals surface area contributed by atoms with Gasteiger partial charge >= 0.3 is 0 Å². The maximum atomic E-state index is 10.8. The fourth-order valence-corrected chi connectivity index (χ4v) is 3.90. The molecule has 0 bridgehead atoms. The summed E-state index contributed by atoms with van der Waals surface area (Å²) in [7, 11) is 0. The standard InChI is InChI=1S/C14H27NO/c1-10(2)12-7-14(16,8-12)13(9-15)5-4-11(3)6-13/h10-12,16H,4-9,15H2,1-3H3. The van der Waals surface area contributed by atoms with Crippen LogP contribution in [-0.2, 0) is 0 Å². The Balaban J connectivity index is 2.06. The quantitative estimate of drug-likeness (QED) is 0.775. The van der Waals surface area contributed by atoms with E-state index in [9.17, 15) is 5.11 Å². The number of hydrogen-bond acceptors (Lipinski definition) is 2. The van der Waals surface area contributed by atoms with Crippen LogP contribution in [0.5, 0.6) is 0 Å². The zero-order valence-corrected chi connectivity index (χ0v) is 11.0. The lowest BCUT2D eigenvalue weighted by Gasteiger charge is -2.56. The lowest BCUT2D eigenvalue weighted by Crippen LogP contribution is -2.59. The van der Waals surface area contributed by atoms with Gasteiger partial charge in [-0.05, 0) is 43.4 Å². The second-order valence-corrected chi connectivity index (χ2v) is 6.78. The molecule has 0 aromatic heterocycles. The second kappa shape index (κ2) is 3.99. The first-order chi connectivity index (χ1) is 7.42. The van der Waals surface area contributed by atoms with Crippen LogP contribution in [0.15, 0.2) is 0 Å². The fourth-order valence-electron chi connectivity index (χ4n) is 3.90. The van der Waals surface area contributed by atoms with Gasteiger partial charge in [0.15, 0.2) is 0 Å². The maximum absolute atomic E-state index is 10.8. The van der Waals surface area contributed by atoms with Gasteiger partial charge in [0.2, 0.25) is 0 Å². The molecular formula is C14H27NO. The molecule has 0 spiro atoms. The molecule has 2 nitrogen and oxygen atoms in total. The van der Waals surface area contributed by atoms with Crippen LogP contribution in [0.3, 0.4) is 0 Å². The average molecular weight is 225 g/mol. The van der Waals surface area contributed by atoms with Gasteiger partial charge in [0.25, 0.3) is 0 Å². The summed E-state index contributed by atoms with van der Waals surface area (Å²) < 4.78 is 0. The van der Waals surface area contributed by atoms with Gasteiger partial charge in [-0.1, -0.05) is 27.2 Å². The highest BCUT2D eigenvalue weighted by Gasteiger charge is 2.58. The van der Waals surface area contributed by atoms with Crippen LogP contribution in [0.25, 0.3) is 0 Å². The van der Waals surface area contributed by atoms with Gasteiger partial charge < -0.3 is 10.8 Å². The smallest absolute Gasteiger partial charge is 0.0721 e.